The Labute approximate surface area is 130 Å². The molecule has 0 bridgehead atoms. The Morgan fingerprint density at radius 3 is 2.87 bits per heavy atom. The van der Waals surface area contributed by atoms with Crippen molar-refractivity contribution in [2.75, 3.05) is 18.4 Å². The second-order valence-electron chi connectivity index (χ2n) is 6.31. The van der Waals surface area contributed by atoms with Crippen molar-refractivity contribution in [3.05, 3.63) is 28.2 Å². The van der Waals surface area contributed by atoms with Crippen molar-refractivity contribution in [2.24, 2.45) is 11.3 Å². The average Bonchev–Trinajstić information content (AvgIpc) is 2.93. The number of nitrogens with one attached hydrogen (secondary N) is 3. The molecule has 1 amide bonds. The second-order valence-corrected chi connectivity index (χ2v) is 6.31. The number of aromatic amines is 1. The summed E-state index contributed by atoms with van der Waals surface area (Å²) in [6.45, 7) is 1.23. The fourth-order valence-electron chi connectivity index (χ4n) is 3.68. The Kier molecular flexibility index (Phi) is 3.95. The molecule has 126 valence electrons. The van der Waals surface area contributed by atoms with E-state index in [1.54, 1.807) is 0 Å². The number of carbonyl (C=O) groups excluding carboxylic acids is 1. The molecule has 0 radical (unpaired) electrons. The monoisotopic (exact) mass is 329 g/mol. The minimum Gasteiger partial charge on any atom is -0.327 e. The molecule has 1 aromatic heterocycles. The largest absolute Gasteiger partial charge is 0.417 e. The number of anilines is 1. The summed E-state index contributed by atoms with van der Waals surface area (Å²) in [6.07, 6.45) is -0.413. The number of rotatable bonds is 2. The predicted octanol–water partition coefficient (Wildman–Crippen LogP) is 2.11. The Morgan fingerprint density at radius 1 is 1.35 bits per heavy atom. The second kappa shape index (κ2) is 5.67. The third kappa shape index (κ3) is 2.87. The maximum atomic E-state index is 12.8. The van der Waals surface area contributed by atoms with E-state index in [-0.39, 0.29) is 17.5 Å². The van der Waals surface area contributed by atoms with Gasteiger partial charge in [-0.15, -0.1) is 0 Å². The number of H-pyrrole nitrogens is 1. The summed E-state index contributed by atoms with van der Waals surface area (Å²) < 4.78 is 38.3. The minimum atomic E-state index is -4.58. The van der Waals surface area contributed by atoms with Crippen molar-refractivity contribution in [1.82, 2.24) is 10.3 Å². The van der Waals surface area contributed by atoms with Gasteiger partial charge in [0.1, 0.15) is 5.69 Å². The molecule has 3 N–H and O–H groups in total. The van der Waals surface area contributed by atoms with Gasteiger partial charge in [0.15, 0.2) is 0 Å². The van der Waals surface area contributed by atoms with Gasteiger partial charge in [-0.05, 0) is 31.4 Å². The van der Waals surface area contributed by atoms with Crippen molar-refractivity contribution < 1.29 is 18.0 Å². The number of amides is 1. The van der Waals surface area contributed by atoms with E-state index in [0.29, 0.717) is 25.2 Å². The van der Waals surface area contributed by atoms with Crippen LogP contribution in [0.15, 0.2) is 17.1 Å². The van der Waals surface area contributed by atoms with Gasteiger partial charge < -0.3 is 15.6 Å². The summed E-state index contributed by atoms with van der Waals surface area (Å²) in [5, 5.41) is 5.63. The Morgan fingerprint density at radius 2 is 2.13 bits per heavy atom. The van der Waals surface area contributed by atoms with Crippen LogP contribution in [0.3, 0.4) is 0 Å². The van der Waals surface area contributed by atoms with E-state index in [0.717, 1.165) is 25.8 Å². The van der Waals surface area contributed by atoms with Crippen LogP contribution >= 0.6 is 0 Å². The molecule has 1 saturated carbocycles. The fourth-order valence-corrected chi connectivity index (χ4v) is 3.68. The molecular formula is C15H18F3N3O2. The highest BCUT2D eigenvalue weighted by atomic mass is 19.4. The minimum absolute atomic E-state index is 0.168. The average molecular weight is 329 g/mol. The number of fused-ring (bicyclic) bond motifs is 1. The highest BCUT2D eigenvalue weighted by Gasteiger charge is 2.50. The van der Waals surface area contributed by atoms with E-state index in [9.17, 15) is 22.8 Å². The van der Waals surface area contributed by atoms with Crippen molar-refractivity contribution in [3.8, 4) is 0 Å². The standard InChI is InChI=1S/C15H18F3N3O2/c16-15(17,18)10-5-11(12(22)20-7-10)21-13(23)14-4-2-1-3-9(14)6-19-8-14/h5,7,9,19H,1-4,6,8H2,(H,20,22)(H,21,23)/t9-,14+/m0/s1. The SMILES string of the molecule is O=C(Nc1cc(C(F)(F)F)c[nH]c1=O)[C@@]12CCCC[C@H]1CNC2. The van der Waals surface area contributed by atoms with Gasteiger partial charge in [0.05, 0.1) is 11.0 Å². The highest BCUT2D eigenvalue weighted by molar-refractivity contribution is 5.96. The van der Waals surface area contributed by atoms with Gasteiger partial charge in [0, 0.05) is 12.7 Å². The van der Waals surface area contributed by atoms with Crippen molar-refractivity contribution >= 4 is 11.6 Å². The molecule has 1 aliphatic heterocycles. The Balaban J connectivity index is 1.87. The molecule has 2 fully saturated rings. The summed E-state index contributed by atoms with van der Waals surface area (Å²) >= 11 is 0. The molecule has 1 saturated heterocycles. The van der Waals surface area contributed by atoms with Crippen LogP contribution in [-0.4, -0.2) is 24.0 Å². The van der Waals surface area contributed by atoms with Crippen LogP contribution in [0.2, 0.25) is 0 Å². The molecular weight excluding hydrogens is 311 g/mol. The molecule has 23 heavy (non-hydrogen) atoms. The Hall–Kier alpha value is -1.83. The first-order chi connectivity index (χ1) is 10.8. The number of hydrogen-bond donors (Lipinski definition) is 3. The van der Waals surface area contributed by atoms with Gasteiger partial charge >= 0.3 is 6.18 Å². The number of hydrogen-bond acceptors (Lipinski definition) is 3. The van der Waals surface area contributed by atoms with Crippen LogP contribution < -0.4 is 16.2 Å². The molecule has 1 aliphatic carbocycles. The number of alkyl halides is 3. The van der Waals surface area contributed by atoms with Crippen molar-refractivity contribution in [1.29, 1.82) is 0 Å². The van der Waals surface area contributed by atoms with E-state index in [2.05, 4.69) is 10.6 Å². The van der Waals surface area contributed by atoms with Crippen molar-refractivity contribution in [2.45, 2.75) is 31.9 Å². The van der Waals surface area contributed by atoms with Crippen LogP contribution in [0.25, 0.3) is 0 Å². The molecule has 2 heterocycles. The third-order valence-corrected chi connectivity index (χ3v) is 4.97. The number of halogens is 3. The Bertz CT molecular complexity index is 671. The summed E-state index contributed by atoms with van der Waals surface area (Å²) in [7, 11) is 0. The first-order valence-corrected chi connectivity index (χ1v) is 7.65. The molecule has 2 aliphatic rings. The summed E-state index contributed by atoms with van der Waals surface area (Å²) in [5.74, 6) is -0.196. The summed E-state index contributed by atoms with van der Waals surface area (Å²) in [6, 6.07) is 0.688. The van der Waals surface area contributed by atoms with E-state index < -0.39 is 22.7 Å². The van der Waals surface area contributed by atoms with E-state index in [4.69, 9.17) is 0 Å². The van der Waals surface area contributed by atoms with Crippen LogP contribution in [0.5, 0.6) is 0 Å². The first kappa shape index (κ1) is 16.0. The lowest BCUT2D eigenvalue weighted by Crippen LogP contribution is -2.45. The van der Waals surface area contributed by atoms with E-state index in [1.807, 2.05) is 4.98 Å². The summed E-state index contributed by atoms with van der Waals surface area (Å²) in [4.78, 5) is 26.5. The molecule has 0 spiro atoms. The smallest absolute Gasteiger partial charge is 0.327 e. The predicted molar refractivity (Wildman–Crippen MR) is 78.0 cm³/mol. The van der Waals surface area contributed by atoms with Gasteiger partial charge in [-0.3, -0.25) is 9.59 Å². The van der Waals surface area contributed by atoms with Gasteiger partial charge in [-0.25, -0.2) is 0 Å². The normalized spacial score (nSPS) is 27.5. The fraction of sp³-hybridized carbons (Fsp3) is 0.600. The molecule has 8 heteroatoms. The van der Waals surface area contributed by atoms with Crippen molar-refractivity contribution in [3.63, 3.8) is 0 Å². The van der Waals surface area contributed by atoms with E-state index >= 15 is 0 Å². The molecule has 2 atom stereocenters. The summed E-state index contributed by atoms with van der Waals surface area (Å²) in [5.41, 5.74) is -2.70. The molecule has 0 unspecified atom stereocenters. The molecule has 0 aromatic carbocycles. The van der Waals surface area contributed by atoms with Gasteiger partial charge in [-0.2, -0.15) is 13.2 Å². The molecule has 1 aromatic rings. The lowest BCUT2D eigenvalue weighted by molar-refractivity contribution is -0.138. The zero-order valence-electron chi connectivity index (χ0n) is 12.4. The van der Waals surface area contributed by atoms with Crippen LogP contribution in [0, 0.1) is 11.3 Å². The zero-order chi connectivity index (χ0) is 16.7. The number of pyridine rings is 1. The quantitative estimate of drug-likeness (QED) is 0.778. The maximum absolute atomic E-state index is 12.8. The lowest BCUT2D eigenvalue weighted by atomic mass is 9.67. The lowest BCUT2D eigenvalue weighted by Gasteiger charge is -2.37. The molecule has 3 rings (SSSR count). The van der Waals surface area contributed by atoms with Crippen LogP contribution in [-0.2, 0) is 11.0 Å². The first-order valence-electron chi connectivity index (χ1n) is 7.65. The zero-order valence-corrected chi connectivity index (χ0v) is 12.4. The molecule has 5 nitrogen and oxygen atoms in total. The number of aromatic nitrogens is 1. The van der Waals surface area contributed by atoms with Gasteiger partial charge in [-0.1, -0.05) is 12.8 Å². The van der Waals surface area contributed by atoms with Crippen LogP contribution in [0.4, 0.5) is 18.9 Å². The number of carbonyl (C=O) groups is 1. The topological polar surface area (TPSA) is 74.0 Å². The van der Waals surface area contributed by atoms with Gasteiger partial charge in [0.2, 0.25) is 5.91 Å². The van der Waals surface area contributed by atoms with Gasteiger partial charge in [0.25, 0.3) is 5.56 Å². The third-order valence-electron chi connectivity index (χ3n) is 4.97. The van der Waals surface area contributed by atoms with E-state index in [1.165, 1.54) is 0 Å². The van der Waals surface area contributed by atoms with Crippen LogP contribution in [0.1, 0.15) is 31.2 Å². The highest BCUT2D eigenvalue weighted by Crippen LogP contribution is 2.44. The maximum Gasteiger partial charge on any atom is 0.417 e.